The van der Waals surface area contributed by atoms with Gasteiger partial charge in [0, 0.05) is 25.0 Å². The van der Waals surface area contributed by atoms with Crippen molar-refractivity contribution in [2.24, 2.45) is 16.7 Å². The predicted octanol–water partition coefficient (Wildman–Crippen LogP) is 1.75. The van der Waals surface area contributed by atoms with Crippen molar-refractivity contribution in [1.82, 2.24) is 9.21 Å². The van der Waals surface area contributed by atoms with E-state index in [9.17, 15) is 13.2 Å². The van der Waals surface area contributed by atoms with Crippen LogP contribution in [0.5, 0.6) is 0 Å². The Balaban J connectivity index is 1.41. The minimum absolute atomic E-state index is 0.0578. The van der Waals surface area contributed by atoms with Crippen molar-refractivity contribution in [1.29, 1.82) is 0 Å². The van der Waals surface area contributed by atoms with E-state index in [1.165, 1.54) is 4.31 Å². The van der Waals surface area contributed by atoms with E-state index in [1.54, 1.807) is 0 Å². The van der Waals surface area contributed by atoms with E-state index < -0.39 is 21.0 Å². The van der Waals surface area contributed by atoms with Crippen LogP contribution in [-0.2, 0) is 24.3 Å². The molecule has 1 unspecified atom stereocenters. The van der Waals surface area contributed by atoms with Gasteiger partial charge in [-0.3, -0.25) is 4.90 Å². The fourth-order valence-electron chi connectivity index (χ4n) is 6.75. The molecule has 3 heterocycles. The molecule has 5 aliphatic rings. The van der Waals surface area contributed by atoms with E-state index in [0.717, 1.165) is 19.3 Å². The molecular weight excluding hydrogens is 392 g/mol. The van der Waals surface area contributed by atoms with E-state index in [-0.39, 0.29) is 35.6 Å². The van der Waals surface area contributed by atoms with Crippen LogP contribution in [0.2, 0.25) is 0 Å². The first-order chi connectivity index (χ1) is 13.6. The topological polar surface area (TPSA) is 75.9 Å². The molecule has 7 atom stereocenters. The van der Waals surface area contributed by atoms with Gasteiger partial charge in [0.1, 0.15) is 18.4 Å². The van der Waals surface area contributed by atoms with Crippen molar-refractivity contribution in [2.45, 2.75) is 70.9 Å². The third kappa shape index (κ3) is 2.40. The second kappa shape index (κ2) is 6.05. The summed E-state index contributed by atoms with van der Waals surface area (Å²) in [5.74, 6) is 0.209. The molecule has 0 N–H and O–H groups in total. The lowest BCUT2D eigenvalue weighted by Gasteiger charge is -2.42. The summed E-state index contributed by atoms with van der Waals surface area (Å²) in [7, 11) is -3.43. The number of hydrogen-bond donors (Lipinski definition) is 0. The standard InChI is InChI=1S/C21H32N2O5S/c1-5-22(6-2)29(25,26)13-20-10-9-14(19(20,3)4)11-16(20)28-18(24)21-12-23(21)17-8-7-15(21)27-17/h7-8,14-17H,5-6,9-13H2,1-4H3/t14-,15+,16-,17-,20-,21+,23?/m1/s1. The summed E-state index contributed by atoms with van der Waals surface area (Å²) in [6.07, 6.45) is 5.80. The fourth-order valence-corrected chi connectivity index (χ4v) is 9.07. The highest BCUT2D eigenvalue weighted by Crippen LogP contribution is 2.67. The van der Waals surface area contributed by atoms with Gasteiger partial charge in [-0.25, -0.2) is 17.5 Å². The molecule has 5 rings (SSSR count). The van der Waals surface area contributed by atoms with Gasteiger partial charge in [-0.15, -0.1) is 0 Å². The summed E-state index contributed by atoms with van der Waals surface area (Å²) >= 11 is 0. The number of rotatable bonds is 7. The molecule has 162 valence electrons. The van der Waals surface area contributed by atoms with Crippen molar-refractivity contribution in [3.8, 4) is 0 Å². The maximum absolute atomic E-state index is 13.3. The summed E-state index contributed by atoms with van der Waals surface area (Å²) in [4.78, 5) is 15.3. The smallest absolute Gasteiger partial charge is 0.331 e. The molecule has 4 fully saturated rings. The molecule has 7 nitrogen and oxygen atoms in total. The molecule has 0 spiro atoms. The predicted molar refractivity (Wildman–Crippen MR) is 107 cm³/mol. The molecule has 0 aromatic heterocycles. The van der Waals surface area contributed by atoms with E-state index in [0.29, 0.717) is 25.6 Å². The molecule has 4 bridgehead atoms. The van der Waals surface area contributed by atoms with Crippen LogP contribution < -0.4 is 0 Å². The Kier molecular flexibility index (Phi) is 4.17. The van der Waals surface area contributed by atoms with Crippen LogP contribution in [0.15, 0.2) is 12.2 Å². The number of nitrogens with zero attached hydrogens (tertiary/aromatic N) is 2. The number of carbonyl (C=O) groups is 1. The zero-order valence-electron chi connectivity index (χ0n) is 17.8. The van der Waals surface area contributed by atoms with Crippen molar-refractivity contribution in [3.63, 3.8) is 0 Å². The Hall–Kier alpha value is -0.960. The van der Waals surface area contributed by atoms with Crippen molar-refractivity contribution >= 4 is 16.0 Å². The monoisotopic (exact) mass is 424 g/mol. The minimum atomic E-state index is -3.43. The molecule has 0 amide bonds. The van der Waals surface area contributed by atoms with Gasteiger partial charge in [-0.1, -0.05) is 33.8 Å². The molecule has 2 aliphatic carbocycles. The third-order valence-electron chi connectivity index (χ3n) is 8.83. The first-order valence-corrected chi connectivity index (χ1v) is 12.5. The summed E-state index contributed by atoms with van der Waals surface area (Å²) in [5, 5.41) is 0. The Morgan fingerprint density at radius 1 is 1.28 bits per heavy atom. The largest absolute Gasteiger partial charge is 0.460 e. The Labute approximate surface area is 173 Å². The van der Waals surface area contributed by atoms with Gasteiger partial charge in [-0.05, 0) is 36.7 Å². The molecular formula is C21H32N2O5S. The highest BCUT2D eigenvalue weighted by Gasteiger charge is 2.75. The van der Waals surface area contributed by atoms with Gasteiger partial charge in [0.25, 0.3) is 0 Å². The summed E-state index contributed by atoms with van der Waals surface area (Å²) < 4.78 is 40.0. The first-order valence-electron chi connectivity index (χ1n) is 10.9. The second-order valence-corrected chi connectivity index (χ2v) is 11.9. The van der Waals surface area contributed by atoms with Gasteiger partial charge in [0.15, 0.2) is 5.54 Å². The van der Waals surface area contributed by atoms with Crippen molar-refractivity contribution in [3.05, 3.63) is 12.2 Å². The molecule has 0 aromatic carbocycles. The van der Waals surface area contributed by atoms with Crippen LogP contribution in [0.25, 0.3) is 0 Å². The molecule has 0 radical (unpaired) electrons. The maximum atomic E-state index is 13.3. The van der Waals surface area contributed by atoms with Gasteiger partial charge in [0.2, 0.25) is 10.0 Å². The molecule has 2 saturated carbocycles. The zero-order chi connectivity index (χ0) is 20.8. The molecule has 0 aromatic rings. The zero-order valence-corrected chi connectivity index (χ0v) is 18.6. The number of sulfonamides is 1. The van der Waals surface area contributed by atoms with E-state index >= 15 is 0 Å². The number of carbonyl (C=O) groups excluding carboxylic acids is 1. The van der Waals surface area contributed by atoms with Crippen LogP contribution in [0.3, 0.4) is 0 Å². The van der Waals surface area contributed by atoms with Crippen molar-refractivity contribution < 1.29 is 22.7 Å². The quantitative estimate of drug-likeness (QED) is 0.352. The number of ether oxygens (including phenoxy) is 2. The Morgan fingerprint density at radius 2 is 2.00 bits per heavy atom. The lowest BCUT2D eigenvalue weighted by atomic mass is 9.69. The minimum Gasteiger partial charge on any atom is -0.460 e. The Bertz CT molecular complexity index is 866. The van der Waals surface area contributed by atoms with Gasteiger partial charge in [-0.2, -0.15) is 0 Å². The highest BCUT2D eigenvalue weighted by molar-refractivity contribution is 7.89. The summed E-state index contributed by atoms with van der Waals surface area (Å²) in [5.41, 5.74) is -1.38. The Morgan fingerprint density at radius 3 is 2.59 bits per heavy atom. The lowest BCUT2D eigenvalue weighted by Crippen LogP contribution is -2.51. The number of fused-ring (bicyclic) bond motifs is 7. The molecule has 3 aliphatic heterocycles. The maximum Gasteiger partial charge on any atom is 0.331 e. The van der Waals surface area contributed by atoms with E-state index in [2.05, 4.69) is 13.8 Å². The van der Waals surface area contributed by atoms with Crippen LogP contribution >= 0.6 is 0 Å². The second-order valence-electron chi connectivity index (χ2n) is 9.97. The SMILES string of the molecule is CCN(CC)S(=O)(=O)C[C@]12CC[C@H](C[C@H]1OC(=O)[C@@]13CN1[C@H]1C=C[C@@H]3O1)C2(C)C. The summed E-state index contributed by atoms with van der Waals surface area (Å²) in [6, 6.07) is 0. The number of hydrogen-bond acceptors (Lipinski definition) is 6. The van der Waals surface area contributed by atoms with Crippen LogP contribution in [0.1, 0.15) is 47.0 Å². The lowest BCUT2D eigenvalue weighted by molar-refractivity contribution is -0.161. The van der Waals surface area contributed by atoms with Crippen LogP contribution in [-0.4, -0.2) is 73.0 Å². The fraction of sp³-hybridized carbons (Fsp3) is 0.857. The van der Waals surface area contributed by atoms with Crippen molar-refractivity contribution in [2.75, 3.05) is 25.4 Å². The normalized spacial score (nSPS) is 45.8. The van der Waals surface area contributed by atoms with Gasteiger partial charge >= 0.3 is 5.97 Å². The van der Waals surface area contributed by atoms with Gasteiger partial charge in [0.05, 0.1) is 5.75 Å². The van der Waals surface area contributed by atoms with Crippen LogP contribution in [0, 0.1) is 16.7 Å². The average molecular weight is 425 g/mol. The summed E-state index contributed by atoms with van der Waals surface area (Å²) in [6.45, 7) is 9.68. The van der Waals surface area contributed by atoms with Crippen LogP contribution in [0.4, 0.5) is 0 Å². The average Bonchev–Trinajstić information content (AvgIpc) is 2.94. The van der Waals surface area contributed by atoms with E-state index in [4.69, 9.17) is 9.47 Å². The third-order valence-corrected chi connectivity index (χ3v) is 11.0. The molecule has 2 saturated heterocycles. The highest BCUT2D eigenvalue weighted by atomic mass is 32.2. The number of esters is 1. The molecule has 8 heteroatoms. The van der Waals surface area contributed by atoms with Gasteiger partial charge < -0.3 is 9.47 Å². The molecule has 29 heavy (non-hydrogen) atoms. The first kappa shape index (κ1) is 20.0. The van der Waals surface area contributed by atoms with E-state index in [1.807, 2.05) is 30.9 Å².